The van der Waals surface area contributed by atoms with Gasteiger partial charge in [-0.05, 0) is 55.4 Å². The lowest BCUT2D eigenvalue weighted by molar-refractivity contribution is 0.151. The molecule has 6 heteroatoms. The number of guanidine groups is 1. The van der Waals surface area contributed by atoms with Gasteiger partial charge >= 0.3 is 0 Å². The highest BCUT2D eigenvalue weighted by Crippen LogP contribution is 2.47. The molecule has 1 N–H and O–H groups in total. The standard InChI is InChI=1S/C19H26N6/c1-2-20-18(24-12-8-19(15-24)6-3-7-19)22-14-16-5-10-21-17(13-16)25-11-4-9-23-25/h4-5,9-11,13H,2-3,6-8,12,14-15H2,1H3,(H,20,22). The molecule has 0 atom stereocenters. The quantitative estimate of drug-likeness (QED) is 0.688. The van der Waals surface area contributed by atoms with Crippen molar-refractivity contribution in [2.24, 2.45) is 10.4 Å². The Morgan fingerprint density at radius 3 is 2.92 bits per heavy atom. The number of aliphatic imine (C=N–C) groups is 1. The molecule has 0 aromatic carbocycles. The van der Waals surface area contributed by atoms with Crippen molar-refractivity contribution in [3.05, 3.63) is 42.4 Å². The number of likely N-dealkylation sites (tertiary alicyclic amines) is 1. The van der Waals surface area contributed by atoms with Crippen LogP contribution in [0, 0.1) is 5.41 Å². The number of nitrogens with zero attached hydrogens (tertiary/aromatic N) is 5. The van der Waals surface area contributed by atoms with E-state index >= 15 is 0 Å². The lowest BCUT2D eigenvalue weighted by Gasteiger charge is -2.38. The lowest BCUT2D eigenvalue weighted by Crippen LogP contribution is -2.42. The van der Waals surface area contributed by atoms with Crippen LogP contribution in [-0.2, 0) is 6.54 Å². The number of hydrogen-bond donors (Lipinski definition) is 1. The summed E-state index contributed by atoms with van der Waals surface area (Å²) >= 11 is 0. The number of rotatable bonds is 4. The Labute approximate surface area is 149 Å². The first-order valence-corrected chi connectivity index (χ1v) is 9.26. The fraction of sp³-hybridized carbons (Fsp3) is 0.526. The molecule has 0 bridgehead atoms. The SMILES string of the molecule is CCNC(=NCc1ccnc(-n2cccn2)c1)N1CCC2(CCC2)C1. The summed E-state index contributed by atoms with van der Waals surface area (Å²) in [7, 11) is 0. The number of aromatic nitrogens is 3. The van der Waals surface area contributed by atoms with Gasteiger partial charge in [0, 0.05) is 38.2 Å². The normalized spacial score (nSPS) is 19.2. The molecule has 4 rings (SSSR count). The van der Waals surface area contributed by atoms with E-state index in [0.717, 1.165) is 37.0 Å². The topological polar surface area (TPSA) is 58.3 Å². The average Bonchev–Trinajstić information content (AvgIpc) is 3.28. The minimum Gasteiger partial charge on any atom is -0.357 e. The molecular formula is C19H26N6. The third-order valence-electron chi connectivity index (χ3n) is 5.45. The van der Waals surface area contributed by atoms with Crippen LogP contribution in [0.4, 0.5) is 0 Å². The minimum absolute atomic E-state index is 0.583. The summed E-state index contributed by atoms with van der Waals surface area (Å²) in [5, 5.41) is 7.71. The van der Waals surface area contributed by atoms with Crippen molar-refractivity contribution in [3.8, 4) is 5.82 Å². The van der Waals surface area contributed by atoms with Crippen molar-refractivity contribution >= 4 is 5.96 Å². The summed E-state index contributed by atoms with van der Waals surface area (Å²) in [5.74, 6) is 1.88. The Bertz CT molecular complexity index is 732. The first kappa shape index (κ1) is 16.1. The van der Waals surface area contributed by atoms with E-state index in [4.69, 9.17) is 4.99 Å². The van der Waals surface area contributed by atoms with Gasteiger partial charge in [-0.2, -0.15) is 5.10 Å². The first-order valence-electron chi connectivity index (χ1n) is 9.26. The zero-order chi connectivity index (χ0) is 17.1. The number of nitrogens with one attached hydrogen (secondary N) is 1. The molecule has 1 spiro atoms. The van der Waals surface area contributed by atoms with Crippen LogP contribution in [0.5, 0.6) is 0 Å². The van der Waals surface area contributed by atoms with E-state index in [0.29, 0.717) is 12.0 Å². The van der Waals surface area contributed by atoms with E-state index in [1.54, 1.807) is 10.9 Å². The fourth-order valence-corrected chi connectivity index (χ4v) is 3.88. The van der Waals surface area contributed by atoms with Gasteiger partial charge in [0.05, 0.1) is 6.54 Å². The van der Waals surface area contributed by atoms with Crippen LogP contribution in [0.3, 0.4) is 0 Å². The summed E-state index contributed by atoms with van der Waals surface area (Å²) in [6.45, 7) is 5.97. The molecule has 1 saturated carbocycles. The summed E-state index contributed by atoms with van der Waals surface area (Å²) in [6, 6.07) is 5.98. The zero-order valence-electron chi connectivity index (χ0n) is 14.9. The van der Waals surface area contributed by atoms with Gasteiger partial charge in [-0.25, -0.2) is 14.7 Å². The molecule has 2 aliphatic rings. The maximum absolute atomic E-state index is 4.89. The fourth-order valence-electron chi connectivity index (χ4n) is 3.88. The molecule has 0 unspecified atom stereocenters. The molecule has 1 aliphatic carbocycles. The van der Waals surface area contributed by atoms with Crippen LogP contribution in [0.15, 0.2) is 41.8 Å². The predicted octanol–water partition coefficient (Wildman–Crippen LogP) is 2.61. The van der Waals surface area contributed by atoms with Crippen LogP contribution in [0.25, 0.3) is 5.82 Å². The smallest absolute Gasteiger partial charge is 0.194 e. The Balaban J connectivity index is 1.47. The van der Waals surface area contributed by atoms with Crippen molar-refractivity contribution in [2.45, 2.75) is 39.2 Å². The molecule has 2 aromatic rings. The highest BCUT2D eigenvalue weighted by atomic mass is 15.3. The van der Waals surface area contributed by atoms with E-state index in [-0.39, 0.29) is 0 Å². The van der Waals surface area contributed by atoms with E-state index in [9.17, 15) is 0 Å². The van der Waals surface area contributed by atoms with Gasteiger partial charge in [0.1, 0.15) is 0 Å². The van der Waals surface area contributed by atoms with Gasteiger partial charge in [-0.3, -0.25) is 0 Å². The summed E-state index contributed by atoms with van der Waals surface area (Å²) < 4.78 is 1.78. The molecule has 2 aromatic heterocycles. The van der Waals surface area contributed by atoms with Gasteiger partial charge in [0.25, 0.3) is 0 Å². The lowest BCUT2D eigenvalue weighted by atomic mass is 9.68. The molecule has 6 nitrogen and oxygen atoms in total. The second-order valence-electron chi connectivity index (χ2n) is 7.17. The van der Waals surface area contributed by atoms with Crippen molar-refractivity contribution in [2.75, 3.05) is 19.6 Å². The highest BCUT2D eigenvalue weighted by Gasteiger charge is 2.43. The predicted molar refractivity (Wildman–Crippen MR) is 98.6 cm³/mol. The third-order valence-corrected chi connectivity index (χ3v) is 5.45. The van der Waals surface area contributed by atoms with E-state index < -0.39 is 0 Å². The van der Waals surface area contributed by atoms with Crippen LogP contribution < -0.4 is 5.32 Å². The van der Waals surface area contributed by atoms with Crippen molar-refractivity contribution in [1.82, 2.24) is 25.0 Å². The van der Waals surface area contributed by atoms with E-state index in [2.05, 4.69) is 33.3 Å². The van der Waals surface area contributed by atoms with Crippen LogP contribution in [0.1, 0.15) is 38.2 Å². The monoisotopic (exact) mass is 338 g/mol. The molecule has 25 heavy (non-hydrogen) atoms. The van der Waals surface area contributed by atoms with E-state index in [1.807, 2.05) is 24.5 Å². The second kappa shape index (κ2) is 6.86. The van der Waals surface area contributed by atoms with Gasteiger partial charge < -0.3 is 10.2 Å². The molecule has 1 saturated heterocycles. The molecule has 1 aliphatic heterocycles. The largest absolute Gasteiger partial charge is 0.357 e. The van der Waals surface area contributed by atoms with Crippen LogP contribution >= 0.6 is 0 Å². The van der Waals surface area contributed by atoms with Crippen molar-refractivity contribution in [1.29, 1.82) is 0 Å². The average molecular weight is 338 g/mol. The Morgan fingerprint density at radius 1 is 1.32 bits per heavy atom. The van der Waals surface area contributed by atoms with Gasteiger partial charge in [-0.1, -0.05) is 6.42 Å². The van der Waals surface area contributed by atoms with Crippen LogP contribution in [-0.4, -0.2) is 45.3 Å². The number of hydrogen-bond acceptors (Lipinski definition) is 3. The molecule has 0 radical (unpaired) electrons. The van der Waals surface area contributed by atoms with Crippen molar-refractivity contribution in [3.63, 3.8) is 0 Å². The van der Waals surface area contributed by atoms with Crippen LogP contribution in [0.2, 0.25) is 0 Å². The zero-order valence-corrected chi connectivity index (χ0v) is 14.9. The second-order valence-corrected chi connectivity index (χ2v) is 7.17. The van der Waals surface area contributed by atoms with E-state index in [1.165, 1.54) is 25.7 Å². The molecule has 3 heterocycles. The number of pyridine rings is 1. The van der Waals surface area contributed by atoms with Gasteiger partial charge in [0.2, 0.25) is 0 Å². The van der Waals surface area contributed by atoms with Crippen molar-refractivity contribution < 1.29 is 0 Å². The maximum Gasteiger partial charge on any atom is 0.194 e. The first-order chi connectivity index (χ1) is 12.3. The maximum atomic E-state index is 4.89. The summed E-state index contributed by atoms with van der Waals surface area (Å²) in [5.41, 5.74) is 1.73. The molecule has 0 amide bonds. The molecular weight excluding hydrogens is 312 g/mol. The third kappa shape index (κ3) is 3.38. The summed E-state index contributed by atoms with van der Waals surface area (Å²) in [6.07, 6.45) is 11.0. The van der Waals surface area contributed by atoms with Gasteiger partial charge in [0.15, 0.2) is 11.8 Å². The summed E-state index contributed by atoms with van der Waals surface area (Å²) in [4.78, 5) is 11.7. The highest BCUT2D eigenvalue weighted by molar-refractivity contribution is 5.80. The molecule has 2 fully saturated rings. The Morgan fingerprint density at radius 2 is 2.24 bits per heavy atom. The Hall–Kier alpha value is -2.37. The minimum atomic E-state index is 0.583. The Kier molecular flexibility index (Phi) is 4.42. The molecule has 132 valence electrons. The van der Waals surface area contributed by atoms with Gasteiger partial charge in [-0.15, -0.1) is 0 Å².